The maximum absolute atomic E-state index is 12.3. The van der Waals surface area contributed by atoms with E-state index in [0.29, 0.717) is 18.9 Å². The Morgan fingerprint density at radius 1 is 1.45 bits per heavy atom. The zero-order valence-corrected chi connectivity index (χ0v) is 14.8. The highest BCUT2D eigenvalue weighted by atomic mass is 79.9. The number of nitrogens with zero attached hydrogens (tertiary/aromatic N) is 1. The van der Waals surface area contributed by atoms with Crippen molar-refractivity contribution in [3.05, 3.63) is 28.7 Å². The Morgan fingerprint density at radius 3 is 3.05 bits per heavy atom. The van der Waals surface area contributed by atoms with Crippen molar-refractivity contribution >= 4 is 21.8 Å². The molecule has 1 N–H and O–H groups in total. The van der Waals surface area contributed by atoms with E-state index in [2.05, 4.69) is 21.2 Å². The molecule has 5 heteroatoms. The third kappa shape index (κ3) is 5.29. The molecule has 0 aromatic heterocycles. The van der Waals surface area contributed by atoms with Crippen molar-refractivity contribution in [2.24, 2.45) is 5.92 Å². The molecule has 1 aromatic carbocycles. The minimum absolute atomic E-state index is 0.261. The smallest absolute Gasteiger partial charge is 0.222 e. The molecule has 4 nitrogen and oxygen atoms in total. The fourth-order valence-corrected chi connectivity index (χ4v) is 3.27. The quantitative estimate of drug-likeness (QED) is 0.752. The third-order valence-electron chi connectivity index (χ3n) is 3.99. The largest absolute Gasteiger partial charge is 0.492 e. The highest BCUT2D eigenvalue weighted by molar-refractivity contribution is 9.10. The molecule has 1 aliphatic heterocycles. The van der Waals surface area contributed by atoms with Gasteiger partial charge in [0.25, 0.3) is 0 Å². The van der Waals surface area contributed by atoms with Gasteiger partial charge in [-0.1, -0.05) is 12.1 Å². The van der Waals surface area contributed by atoms with Crippen LogP contribution in [0.4, 0.5) is 0 Å². The monoisotopic (exact) mass is 368 g/mol. The van der Waals surface area contributed by atoms with Crippen LogP contribution in [-0.4, -0.2) is 44.1 Å². The van der Waals surface area contributed by atoms with Gasteiger partial charge in [0.2, 0.25) is 5.91 Å². The molecular formula is C17H25BrN2O2. The Bertz CT molecular complexity index is 479. The summed E-state index contributed by atoms with van der Waals surface area (Å²) in [5.74, 6) is 1.69. The van der Waals surface area contributed by atoms with Crippen LogP contribution in [0.2, 0.25) is 0 Å². The summed E-state index contributed by atoms with van der Waals surface area (Å²) in [5.41, 5.74) is 0. The summed E-state index contributed by atoms with van der Waals surface area (Å²) in [7, 11) is 1.97. The van der Waals surface area contributed by atoms with Gasteiger partial charge in [-0.05, 0) is 66.8 Å². The molecule has 122 valence electrons. The molecule has 0 radical (unpaired) electrons. The molecular weight excluding hydrogens is 344 g/mol. The van der Waals surface area contributed by atoms with Gasteiger partial charge in [0.05, 0.1) is 11.1 Å². The van der Waals surface area contributed by atoms with Crippen molar-refractivity contribution in [1.29, 1.82) is 0 Å². The van der Waals surface area contributed by atoms with Crippen LogP contribution >= 0.6 is 15.9 Å². The summed E-state index contributed by atoms with van der Waals surface area (Å²) < 4.78 is 6.66. The Hall–Kier alpha value is -1.07. The lowest BCUT2D eigenvalue weighted by Gasteiger charge is -2.32. The van der Waals surface area contributed by atoms with Crippen molar-refractivity contribution in [2.45, 2.75) is 25.7 Å². The van der Waals surface area contributed by atoms with E-state index in [9.17, 15) is 4.79 Å². The van der Waals surface area contributed by atoms with Crippen LogP contribution in [-0.2, 0) is 4.79 Å². The molecule has 0 unspecified atom stereocenters. The van der Waals surface area contributed by atoms with Crippen molar-refractivity contribution in [3.8, 4) is 5.75 Å². The molecule has 1 amide bonds. The first-order chi connectivity index (χ1) is 10.7. The number of hydrogen-bond acceptors (Lipinski definition) is 3. The number of para-hydroxylation sites is 1. The topological polar surface area (TPSA) is 41.6 Å². The van der Waals surface area contributed by atoms with Gasteiger partial charge in [0, 0.05) is 19.5 Å². The molecule has 0 saturated carbocycles. The van der Waals surface area contributed by atoms with E-state index >= 15 is 0 Å². The van der Waals surface area contributed by atoms with Crippen LogP contribution in [0.1, 0.15) is 25.7 Å². The lowest BCUT2D eigenvalue weighted by molar-refractivity contribution is -0.133. The summed E-state index contributed by atoms with van der Waals surface area (Å²) in [6.07, 6.45) is 3.66. The van der Waals surface area contributed by atoms with Gasteiger partial charge >= 0.3 is 0 Å². The molecule has 1 fully saturated rings. The van der Waals surface area contributed by atoms with Gasteiger partial charge in [0.1, 0.15) is 5.75 Å². The Morgan fingerprint density at radius 2 is 2.27 bits per heavy atom. The maximum Gasteiger partial charge on any atom is 0.222 e. The van der Waals surface area contributed by atoms with Gasteiger partial charge in [0.15, 0.2) is 0 Å². The van der Waals surface area contributed by atoms with Crippen LogP contribution < -0.4 is 10.1 Å². The normalized spacial score (nSPS) is 18.3. The second-order valence-corrected chi connectivity index (χ2v) is 6.64. The number of amides is 1. The minimum Gasteiger partial charge on any atom is -0.492 e. The highest BCUT2D eigenvalue weighted by Gasteiger charge is 2.22. The average Bonchev–Trinajstić information content (AvgIpc) is 2.53. The molecule has 0 aliphatic carbocycles. The molecule has 22 heavy (non-hydrogen) atoms. The van der Waals surface area contributed by atoms with E-state index in [0.717, 1.165) is 42.7 Å². The third-order valence-corrected chi connectivity index (χ3v) is 4.65. The van der Waals surface area contributed by atoms with E-state index in [1.165, 1.54) is 6.42 Å². The number of nitrogens with one attached hydrogen (secondary N) is 1. The van der Waals surface area contributed by atoms with Gasteiger partial charge in [-0.3, -0.25) is 4.79 Å². The number of rotatable bonds is 7. The van der Waals surface area contributed by atoms with E-state index in [-0.39, 0.29) is 5.91 Å². The van der Waals surface area contributed by atoms with Gasteiger partial charge in [-0.15, -0.1) is 0 Å². The number of carbonyl (C=O) groups excluding carboxylic acids is 1. The molecule has 1 saturated heterocycles. The Kier molecular flexibility index (Phi) is 7.19. The van der Waals surface area contributed by atoms with Crippen molar-refractivity contribution in [2.75, 3.05) is 33.3 Å². The molecule has 1 aromatic rings. The Balaban J connectivity index is 1.68. The number of carbonyl (C=O) groups is 1. The second-order valence-electron chi connectivity index (χ2n) is 5.79. The fourth-order valence-electron chi connectivity index (χ4n) is 2.87. The molecule has 1 heterocycles. The van der Waals surface area contributed by atoms with Gasteiger partial charge in [-0.2, -0.15) is 0 Å². The SMILES string of the molecule is CNC[C@H]1CCCN(C(=O)CCCOc2ccccc2Br)C1. The number of piperidine rings is 1. The average molecular weight is 369 g/mol. The standard InChI is InChI=1S/C17H25BrN2O2/c1-19-12-14-6-4-10-20(13-14)17(21)9-5-11-22-16-8-3-2-7-15(16)18/h2-3,7-8,14,19H,4-6,9-13H2,1H3/t14-/m1/s1. The summed E-state index contributed by atoms with van der Waals surface area (Å²) in [6, 6.07) is 7.79. The number of benzene rings is 1. The van der Waals surface area contributed by atoms with Gasteiger partial charge < -0.3 is 15.0 Å². The van der Waals surface area contributed by atoms with E-state index in [1.54, 1.807) is 0 Å². The van der Waals surface area contributed by atoms with E-state index in [4.69, 9.17) is 4.74 Å². The first-order valence-corrected chi connectivity index (χ1v) is 8.79. The summed E-state index contributed by atoms with van der Waals surface area (Å²) in [4.78, 5) is 14.3. The highest BCUT2D eigenvalue weighted by Crippen LogP contribution is 2.24. The molecule has 1 aliphatic rings. The predicted octanol–water partition coefficient (Wildman–Crippen LogP) is 3.07. The zero-order chi connectivity index (χ0) is 15.8. The lowest BCUT2D eigenvalue weighted by Crippen LogP contribution is -2.42. The molecule has 2 rings (SSSR count). The summed E-state index contributed by atoms with van der Waals surface area (Å²) in [6.45, 7) is 3.37. The van der Waals surface area contributed by atoms with Crippen LogP contribution in [0.3, 0.4) is 0 Å². The van der Waals surface area contributed by atoms with Crippen molar-refractivity contribution < 1.29 is 9.53 Å². The van der Waals surface area contributed by atoms with Crippen LogP contribution in [0.25, 0.3) is 0 Å². The minimum atomic E-state index is 0.261. The fraction of sp³-hybridized carbons (Fsp3) is 0.588. The van der Waals surface area contributed by atoms with Crippen molar-refractivity contribution in [1.82, 2.24) is 10.2 Å². The van der Waals surface area contributed by atoms with Crippen molar-refractivity contribution in [3.63, 3.8) is 0 Å². The second kappa shape index (κ2) is 9.16. The Labute approximate surface area is 141 Å². The van der Waals surface area contributed by atoms with Crippen LogP contribution in [0, 0.1) is 5.92 Å². The number of halogens is 1. The predicted molar refractivity (Wildman–Crippen MR) is 92.1 cm³/mol. The number of likely N-dealkylation sites (tertiary alicyclic amines) is 1. The molecule has 0 spiro atoms. The summed E-state index contributed by atoms with van der Waals surface area (Å²) in [5, 5.41) is 3.21. The first kappa shape index (κ1) is 17.3. The first-order valence-electron chi connectivity index (χ1n) is 8.00. The molecule has 1 atom stereocenters. The maximum atomic E-state index is 12.3. The van der Waals surface area contributed by atoms with Crippen LogP contribution in [0.15, 0.2) is 28.7 Å². The van der Waals surface area contributed by atoms with E-state index < -0.39 is 0 Å². The zero-order valence-electron chi connectivity index (χ0n) is 13.2. The summed E-state index contributed by atoms with van der Waals surface area (Å²) >= 11 is 3.46. The van der Waals surface area contributed by atoms with Crippen LogP contribution in [0.5, 0.6) is 5.75 Å². The lowest BCUT2D eigenvalue weighted by atomic mass is 9.97. The number of ether oxygens (including phenoxy) is 1. The van der Waals surface area contributed by atoms with Gasteiger partial charge in [-0.25, -0.2) is 0 Å². The number of hydrogen-bond donors (Lipinski definition) is 1. The van der Waals surface area contributed by atoms with E-state index in [1.807, 2.05) is 36.2 Å². The molecule has 0 bridgehead atoms.